The first-order valence-corrected chi connectivity index (χ1v) is 25.3. The molecule has 15 atom stereocenters. The molecule has 18 heteroatoms. The summed E-state index contributed by atoms with van der Waals surface area (Å²) in [6.07, 6.45) is -2.66. The van der Waals surface area contributed by atoms with Crippen LogP contribution in [0.3, 0.4) is 0 Å². The lowest BCUT2D eigenvalue weighted by molar-refractivity contribution is -0.304. The number of piperazine rings is 1. The first kappa shape index (κ1) is 55.0. The van der Waals surface area contributed by atoms with Crippen LogP contribution in [-0.2, 0) is 35.1 Å². The zero-order chi connectivity index (χ0) is 50.9. The number of carbonyl (C=O) groups excluding carboxylic acids is 2. The second-order valence-corrected chi connectivity index (χ2v) is 21.5. The Balaban J connectivity index is 1.26. The molecule has 0 radical (unpaired) electrons. The number of rotatable bonds is 13. The lowest BCUT2D eigenvalue weighted by Gasteiger charge is -2.48. The number of hydrogen-bond donors (Lipinski definition) is 6. The molecule has 1 amide bonds. The van der Waals surface area contributed by atoms with E-state index in [1.54, 1.807) is 33.0 Å². The summed E-state index contributed by atoms with van der Waals surface area (Å²) in [6, 6.07) is 2.37. The Labute approximate surface area is 407 Å². The lowest BCUT2D eigenvalue weighted by Crippen LogP contribution is -2.60. The molecule has 3 aliphatic heterocycles. The highest BCUT2D eigenvalue weighted by Crippen LogP contribution is 2.40. The van der Waals surface area contributed by atoms with Crippen molar-refractivity contribution in [2.45, 2.75) is 180 Å². The number of nitrogens with one attached hydrogen (secondary N) is 1. The Morgan fingerprint density at radius 2 is 1.64 bits per heavy atom. The van der Waals surface area contributed by atoms with Crippen molar-refractivity contribution in [3.05, 3.63) is 39.9 Å². The van der Waals surface area contributed by atoms with Crippen molar-refractivity contribution in [3.8, 4) is 0 Å². The van der Waals surface area contributed by atoms with Gasteiger partial charge in [-0.05, 0) is 105 Å². The molecule has 6 rings (SSSR count). The molecular weight excluding hydrogens is 894 g/mol. The molecular formula is C51H82FN5O12. The Bertz CT molecular complexity index is 2130. The Morgan fingerprint density at radius 3 is 2.23 bits per heavy atom. The fourth-order valence-electron chi connectivity index (χ4n) is 11.0. The molecule has 4 aliphatic rings. The maximum Gasteiger partial charge on any atom is 0.311 e. The summed E-state index contributed by atoms with van der Waals surface area (Å²) >= 11 is 0. The van der Waals surface area contributed by atoms with Gasteiger partial charge < -0.3 is 64.2 Å². The highest BCUT2D eigenvalue weighted by molar-refractivity contribution is 5.84. The third-order valence-corrected chi connectivity index (χ3v) is 15.7. The minimum Gasteiger partial charge on any atom is -0.459 e. The summed E-state index contributed by atoms with van der Waals surface area (Å²) < 4.78 is 44.0. The van der Waals surface area contributed by atoms with Gasteiger partial charge in [-0.2, -0.15) is 0 Å². The van der Waals surface area contributed by atoms with Gasteiger partial charge in [0.25, 0.3) is 0 Å². The standard InChI is InChI=1S/C51H82FN5O12/c1-12-33(24-55-16-18-56(19-17-55)39-22-38-36(21-37(39)52)43(60)34(26-58)25-57(38)35-14-15-35)27-66-50(8)23-28(3)53-47(63)32(7)45(62)51(9,65)41(13-2)68-48(64)31(6)42(59)30(5)46(50)69-49-44(61)40(54(10)11)20-29(4)67-49/h21-22,25,28-33,35,40-42,44-46,49,58-59,61-62,65H,12-20,23-24,26-27H2,1-11H3,(H,53,63). The zero-order valence-corrected chi connectivity index (χ0v) is 42.8. The van der Waals surface area contributed by atoms with Gasteiger partial charge in [0.2, 0.25) is 5.91 Å². The third kappa shape index (κ3) is 12.1. The molecule has 6 N–H and O–H groups in total. The maximum atomic E-state index is 15.9. The summed E-state index contributed by atoms with van der Waals surface area (Å²) in [4.78, 5) is 47.1. The van der Waals surface area contributed by atoms with Crippen LogP contribution in [0.5, 0.6) is 0 Å². The molecule has 4 heterocycles. The highest BCUT2D eigenvalue weighted by atomic mass is 19.1. The molecule has 1 aromatic heterocycles. The molecule has 0 bridgehead atoms. The van der Waals surface area contributed by atoms with E-state index < -0.39 is 96.1 Å². The van der Waals surface area contributed by atoms with Crippen molar-refractivity contribution in [2.75, 3.05) is 58.3 Å². The van der Waals surface area contributed by atoms with Crippen LogP contribution < -0.4 is 15.6 Å². The van der Waals surface area contributed by atoms with E-state index in [0.717, 1.165) is 19.3 Å². The number of amides is 1. The van der Waals surface area contributed by atoms with Gasteiger partial charge in [0.1, 0.15) is 23.6 Å². The number of aromatic nitrogens is 1. The van der Waals surface area contributed by atoms with Gasteiger partial charge in [0, 0.05) is 73.9 Å². The molecule has 3 saturated heterocycles. The van der Waals surface area contributed by atoms with Crippen LogP contribution in [0.2, 0.25) is 0 Å². The van der Waals surface area contributed by atoms with E-state index in [2.05, 4.69) is 17.1 Å². The van der Waals surface area contributed by atoms with Crippen LogP contribution in [0, 0.1) is 29.5 Å². The van der Waals surface area contributed by atoms with Gasteiger partial charge in [-0.15, -0.1) is 0 Å². The number of halogens is 1. The van der Waals surface area contributed by atoms with Gasteiger partial charge in [-0.1, -0.05) is 27.7 Å². The van der Waals surface area contributed by atoms with E-state index >= 15 is 4.39 Å². The maximum absolute atomic E-state index is 15.9. The number of aliphatic hydroxyl groups is 5. The summed E-state index contributed by atoms with van der Waals surface area (Å²) in [5.74, 6) is -4.97. The molecule has 1 aromatic carbocycles. The van der Waals surface area contributed by atoms with Gasteiger partial charge in [-0.25, -0.2) is 4.39 Å². The van der Waals surface area contributed by atoms with Crippen LogP contribution in [0.25, 0.3) is 10.9 Å². The number of cyclic esters (lactones) is 1. The largest absolute Gasteiger partial charge is 0.459 e. The number of anilines is 1. The number of esters is 1. The van der Waals surface area contributed by atoms with E-state index in [0.29, 0.717) is 50.3 Å². The van der Waals surface area contributed by atoms with Crippen LogP contribution in [0.1, 0.15) is 112 Å². The van der Waals surface area contributed by atoms with Crippen molar-refractivity contribution < 1.29 is 58.5 Å². The minimum absolute atomic E-state index is 0.0196. The Hall–Kier alpha value is -3.30. The van der Waals surface area contributed by atoms with E-state index in [1.807, 2.05) is 42.3 Å². The van der Waals surface area contributed by atoms with Crippen molar-refractivity contribution in [1.29, 1.82) is 0 Å². The van der Waals surface area contributed by atoms with Gasteiger partial charge >= 0.3 is 5.97 Å². The molecule has 2 aromatic rings. The number of likely N-dealkylation sites (N-methyl/N-ethyl adjacent to an activating group) is 1. The minimum atomic E-state index is -2.01. The first-order chi connectivity index (χ1) is 32.4. The number of ether oxygens (including phenoxy) is 4. The third-order valence-electron chi connectivity index (χ3n) is 15.7. The number of nitrogens with zero attached hydrogens (tertiary/aromatic N) is 4. The summed E-state index contributed by atoms with van der Waals surface area (Å²) in [5.41, 5.74) is -2.33. The quantitative estimate of drug-likeness (QED) is 0.159. The van der Waals surface area contributed by atoms with Crippen LogP contribution in [0.4, 0.5) is 10.1 Å². The highest BCUT2D eigenvalue weighted by Gasteiger charge is 2.51. The number of pyridine rings is 1. The molecule has 390 valence electrons. The normalized spacial score (nSPS) is 36.5. The summed E-state index contributed by atoms with van der Waals surface area (Å²) in [7, 11) is 3.75. The van der Waals surface area contributed by atoms with Gasteiger partial charge in [0.15, 0.2) is 11.7 Å². The number of carbonyl (C=O) groups is 2. The van der Waals surface area contributed by atoms with Crippen molar-refractivity contribution in [3.63, 3.8) is 0 Å². The number of fused-ring (bicyclic) bond motifs is 1. The zero-order valence-electron chi connectivity index (χ0n) is 42.8. The molecule has 15 unspecified atom stereocenters. The summed E-state index contributed by atoms with van der Waals surface area (Å²) in [6.45, 7) is 18.2. The Kier molecular flexibility index (Phi) is 18.0. The monoisotopic (exact) mass is 976 g/mol. The van der Waals surface area contributed by atoms with E-state index in [9.17, 15) is 39.9 Å². The number of aliphatic hydroxyl groups excluding tert-OH is 4. The van der Waals surface area contributed by atoms with Crippen LogP contribution in [-0.4, -0.2) is 171 Å². The predicted octanol–water partition coefficient (Wildman–Crippen LogP) is 3.31. The van der Waals surface area contributed by atoms with Crippen LogP contribution in [0.15, 0.2) is 23.1 Å². The molecule has 4 fully saturated rings. The number of hydrogen-bond acceptors (Lipinski definition) is 15. The topological polar surface area (TPSA) is 216 Å². The van der Waals surface area contributed by atoms with Crippen molar-refractivity contribution >= 4 is 28.5 Å². The van der Waals surface area contributed by atoms with Crippen molar-refractivity contribution in [2.24, 2.45) is 23.7 Å². The van der Waals surface area contributed by atoms with E-state index in [4.69, 9.17) is 18.9 Å². The molecule has 17 nitrogen and oxygen atoms in total. The van der Waals surface area contributed by atoms with E-state index in [1.165, 1.54) is 26.8 Å². The van der Waals surface area contributed by atoms with Crippen LogP contribution >= 0.6 is 0 Å². The second-order valence-electron chi connectivity index (χ2n) is 21.5. The predicted molar refractivity (Wildman–Crippen MR) is 259 cm³/mol. The van der Waals surface area contributed by atoms with Gasteiger partial charge in [0.05, 0.1) is 66.3 Å². The molecule has 1 saturated carbocycles. The van der Waals surface area contributed by atoms with E-state index in [-0.39, 0.29) is 59.9 Å². The summed E-state index contributed by atoms with van der Waals surface area (Å²) in [5, 5.41) is 60.0. The molecule has 0 spiro atoms. The average Bonchev–Trinajstić information content (AvgIpc) is 4.16. The number of benzene rings is 1. The smallest absolute Gasteiger partial charge is 0.311 e. The molecule has 1 aliphatic carbocycles. The SMILES string of the molecule is CCC(COC1(C)CC(C)NC(=O)C(C)C(O)C(C)(O)C(CC)OC(=O)C(C)C(O)C(C)C1OC1OC(C)CC(N(C)C)C1O)CN1CCN(c2cc3c(cc2F)c(=O)c(CO)cn3C2CC2)CC1. The first-order valence-electron chi connectivity index (χ1n) is 25.3. The lowest BCUT2D eigenvalue weighted by atomic mass is 9.78. The fourth-order valence-corrected chi connectivity index (χ4v) is 11.0. The Morgan fingerprint density at radius 1 is 0.971 bits per heavy atom. The van der Waals surface area contributed by atoms with Gasteiger partial charge in [-0.3, -0.25) is 19.3 Å². The fraction of sp³-hybridized carbons (Fsp3) is 0.784. The van der Waals surface area contributed by atoms with Crippen molar-refractivity contribution in [1.82, 2.24) is 19.7 Å². The molecule has 69 heavy (non-hydrogen) atoms. The second kappa shape index (κ2) is 22.6. The average molecular weight is 976 g/mol.